The Kier molecular flexibility index (Phi) is 2.87. The lowest BCUT2D eigenvalue weighted by atomic mass is 10.2. The lowest BCUT2D eigenvalue weighted by Gasteiger charge is -2.19. The van der Waals surface area contributed by atoms with Crippen molar-refractivity contribution in [3.8, 4) is 0 Å². The number of benzene rings is 2. The van der Waals surface area contributed by atoms with Gasteiger partial charge >= 0.3 is 6.03 Å². The van der Waals surface area contributed by atoms with Crippen molar-refractivity contribution in [2.24, 2.45) is 0 Å². The molecule has 3 heteroatoms. The third kappa shape index (κ3) is 2.03. The van der Waals surface area contributed by atoms with Gasteiger partial charge in [-0.1, -0.05) is 36.4 Å². The molecule has 0 bridgehead atoms. The van der Waals surface area contributed by atoms with Crippen molar-refractivity contribution in [1.29, 1.82) is 0 Å². The van der Waals surface area contributed by atoms with E-state index in [9.17, 15) is 4.79 Å². The lowest BCUT2D eigenvalue weighted by molar-refractivity contribution is 0.255. The average Bonchev–Trinajstić information content (AvgIpc) is 2.31. The molecule has 0 aliphatic rings. The monoisotopic (exact) mass is 211 g/mol. The predicted octanol–water partition coefficient (Wildman–Crippen LogP) is 3.23. The highest BCUT2D eigenvalue weighted by molar-refractivity contribution is 5.97. The topological polar surface area (TPSA) is 44.1 Å². The fourth-order valence-electron chi connectivity index (χ4n) is 1.54. The average molecular weight is 211 g/mol. The van der Waals surface area contributed by atoms with Crippen LogP contribution in [0.5, 0.6) is 0 Å². The third-order valence-corrected chi connectivity index (χ3v) is 2.23. The highest BCUT2D eigenvalue weighted by Crippen LogP contribution is 2.24. The molecule has 0 aliphatic carbocycles. The molecular weight excluding hydrogens is 200 g/mol. The highest BCUT2D eigenvalue weighted by atomic mass is 16.2. The molecule has 0 heterocycles. The van der Waals surface area contributed by atoms with Crippen molar-refractivity contribution in [3.05, 3.63) is 60.7 Å². The van der Waals surface area contributed by atoms with Gasteiger partial charge in [-0.05, 0) is 24.3 Å². The minimum atomic E-state index is -0.739. The molecule has 0 aromatic heterocycles. The van der Waals surface area contributed by atoms with Gasteiger partial charge < -0.3 is 0 Å². The van der Waals surface area contributed by atoms with Crippen LogP contribution in [0.1, 0.15) is 0 Å². The van der Waals surface area contributed by atoms with Gasteiger partial charge in [0.25, 0.3) is 0 Å². The smallest absolute Gasteiger partial charge is 0.262 e. The first-order chi connectivity index (χ1) is 7.79. The van der Waals surface area contributed by atoms with Crippen LogP contribution in [0, 0.1) is 0 Å². The van der Waals surface area contributed by atoms with Crippen molar-refractivity contribution >= 4 is 17.4 Å². The third-order valence-electron chi connectivity index (χ3n) is 2.23. The summed E-state index contributed by atoms with van der Waals surface area (Å²) in [5, 5.41) is 0. The number of urea groups is 1. The SMILES string of the molecule is [NH]C(=O)N(c1ccccc1)c1ccccc1. The largest absolute Gasteiger partial charge is 0.345 e. The van der Waals surface area contributed by atoms with Gasteiger partial charge in [0, 0.05) is 0 Å². The van der Waals surface area contributed by atoms with Crippen molar-refractivity contribution in [1.82, 2.24) is 5.73 Å². The van der Waals surface area contributed by atoms with Crippen LogP contribution in [0.25, 0.3) is 0 Å². The number of amides is 2. The quantitative estimate of drug-likeness (QED) is 0.752. The van der Waals surface area contributed by atoms with Gasteiger partial charge in [-0.25, -0.2) is 10.5 Å². The molecule has 0 spiro atoms. The molecule has 79 valence electrons. The molecule has 0 unspecified atom stereocenters. The zero-order valence-electron chi connectivity index (χ0n) is 8.63. The van der Waals surface area contributed by atoms with Crippen LogP contribution >= 0.6 is 0 Å². The van der Waals surface area contributed by atoms with Gasteiger partial charge in [0.2, 0.25) is 0 Å². The van der Waals surface area contributed by atoms with Crippen LogP contribution in [0.15, 0.2) is 60.7 Å². The van der Waals surface area contributed by atoms with Gasteiger partial charge in [-0.3, -0.25) is 4.90 Å². The van der Waals surface area contributed by atoms with E-state index in [0.29, 0.717) is 11.4 Å². The van der Waals surface area contributed by atoms with E-state index in [1.807, 2.05) is 36.4 Å². The summed E-state index contributed by atoms with van der Waals surface area (Å²) in [5.41, 5.74) is 8.70. The second-order valence-corrected chi connectivity index (χ2v) is 3.31. The van der Waals surface area contributed by atoms with Crippen LogP contribution in [-0.2, 0) is 0 Å². The van der Waals surface area contributed by atoms with Gasteiger partial charge in [0.15, 0.2) is 0 Å². The van der Waals surface area contributed by atoms with E-state index in [-0.39, 0.29) is 0 Å². The number of nitrogens with one attached hydrogen (secondary N) is 1. The summed E-state index contributed by atoms with van der Waals surface area (Å²) in [5.74, 6) is 0. The fraction of sp³-hybridized carbons (Fsp3) is 0. The Hall–Kier alpha value is -2.29. The Morgan fingerprint density at radius 3 is 1.50 bits per heavy atom. The summed E-state index contributed by atoms with van der Waals surface area (Å²) < 4.78 is 0. The predicted molar refractivity (Wildman–Crippen MR) is 63.5 cm³/mol. The molecule has 0 fully saturated rings. The van der Waals surface area contributed by atoms with Crippen LogP contribution in [-0.4, -0.2) is 6.03 Å². The van der Waals surface area contributed by atoms with Gasteiger partial charge in [0.1, 0.15) is 0 Å². The minimum Gasteiger partial charge on any atom is -0.262 e. The molecule has 2 amide bonds. The molecule has 1 radical (unpaired) electrons. The lowest BCUT2D eigenvalue weighted by Crippen LogP contribution is -2.24. The second-order valence-electron chi connectivity index (χ2n) is 3.31. The molecule has 2 aromatic carbocycles. The van der Waals surface area contributed by atoms with Crippen LogP contribution in [0.4, 0.5) is 16.2 Å². The maximum atomic E-state index is 11.3. The second kappa shape index (κ2) is 4.49. The number of anilines is 2. The van der Waals surface area contributed by atoms with Crippen molar-refractivity contribution in [2.75, 3.05) is 4.90 Å². The number of para-hydroxylation sites is 2. The number of hydrogen-bond acceptors (Lipinski definition) is 1. The van der Waals surface area contributed by atoms with Gasteiger partial charge in [-0.2, -0.15) is 0 Å². The molecule has 2 rings (SSSR count). The van der Waals surface area contributed by atoms with Crippen LogP contribution in [0.3, 0.4) is 0 Å². The van der Waals surface area contributed by atoms with E-state index in [1.165, 1.54) is 4.90 Å². The summed E-state index contributed by atoms with van der Waals surface area (Å²) in [6.07, 6.45) is 0. The zero-order chi connectivity index (χ0) is 11.4. The molecular formula is C13H11N2O. The molecule has 2 aromatic rings. The van der Waals surface area contributed by atoms with E-state index in [0.717, 1.165) is 0 Å². The first-order valence-electron chi connectivity index (χ1n) is 4.95. The standard InChI is InChI=1S/C13H11N2O/c14-13(16)15(11-7-3-1-4-8-11)12-9-5-2-6-10-12/h1-10,14H. The van der Waals surface area contributed by atoms with Crippen LogP contribution < -0.4 is 10.6 Å². The summed E-state index contributed by atoms with van der Waals surface area (Å²) >= 11 is 0. The first kappa shape index (κ1) is 10.2. The number of hydrogen-bond donors (Lipinski definition) is 0. The van der Waals surface area contributed by atoms with Gasteiger partial charge in [0.05, 0.1) is 11.4 Å². The minimum absolute atomic E-state index is 0.703. The Morgan fingerprint density at radius 2 is 1.19 bits per heavy atom. The first-order valence-corrected chi connectivity index (χ1v) is 4.95. The van der Waals surface area contributed by atoms with E-state index >= 15 is 0 Å². The molecule has 0 aliphatic heterocycles. The molecule has 1 N–H and O–H groups in total. The number of rotatable bonds is 2. The van der Waals surface area contributed by atoms with E-state index in [1.54, 1.807) is 24.3 Å². The van der Waals surface area contributed by atoms with Crippen LogP contribution in [0.2, 0.25) is 0 Å². The highest BCUT2D eigenvalue weighted by Gasteiger charge is 2.14. The van der Waals surface area contributed by atoms with Crippen molar-refractivity contribution in [3.63, 3.8) is 0 Å². The summed E-state index contributed by atoms with van der Waals surface area (Å²) in [4.78, 5) is 12.7. The Bertz CT molecular complexity index is 428. The maximum Gasteiger partial charge on any atom is 0.345 e. The maximum absolute atomic E-state index is 11.3. The molecule has 3 nitrogen and oxygen atoms in total. The number of carbonyl (C=O) groups excluding carboxylic acids is 1. The molecule has 16 heavy (non-hydrogen) atoms. The van der Waals surface area contributed by atoms with E-state index in [2.05, 4.69) is 0 Å². The Balaban J connectivity index is 2.44. The summed E-state index contributed by atoms with van der Waals surface area (Å²) in [6.45, 7) is 0. The van der Waals surface area contributed by atoms with Crippen molar-refractivity contribution < 1.29 is 4.79 Å². The molecule has 0 atom stereocenters. The summed E-state index contributed by atoms with van der Waals surface area (Å²) in [6, 6.07) is 17.6. The Labute approximate surface area is 94.1 Å². The fourth-order valence-corrected chi connectivity index (χ4v) is 1.54. The van der Waals surface area contributed by atoms with Crippen molar-refractivity contribution in [2.45, 2.75) is 0 Å². The van der Waals surface area contributed by atoms with E-state index in [4.69, 9.17) is 5.73 Å². The van der Waals surface area contributed by atoms with E-state index < -0.39 is 6.03 Å². The van der Waals surface area contributed by atoms with Gasteiger partial charge in [-0.15, -0.1) is 0 Å². The number of carbonyl (C=O) groups is 1. The zero-order valence-corrected chi connectivity index (χ0v) is 8.63. The summed E-state index contributed by atoms with van der Waals surface area (Å²) in [7, 11) is 0. The number of nitrogens with zero attached hydrogens (tertiary/aromatic N) is 1. The molecule has 0 saturated carbocycles. The Morgan fingerprint density at radius 1 is 0.812 bits per heavy atom. The normalized spacial score (nSPS) is 9.75. The molecule has 0 saturated heterocycles.